The predicted molar refractivity (Wildman–Crippen MR) is 56.5 cm³/mol. The van der Waals surface area contributed by atoms with E-state index in [4.69, 9.17) is 0 Å². The summed E-state index contributed by atoms with van der Waals surface area (Å²) in [6.45, 7) is 6.02. The smallest absolute Gasteiger partial charge is 0.271 e. The summed E-state index contributed by atoms with van der Waals surface area (Å²) >= 11 is 0. The number of benzene rings is 1. The molecule has 0 amide bonds. The van der Waals surface area contributed by atoms with Gasteiger partial charge in [0.1, 0.15) is 0 Å². The van der Waals surface area contributed by atoms with Crippen molar-refractivity contribution in [3.8, 4) is 0 Å². The Kier molecular flexibility index (Phi) is 2.74. The first-order chi connectivity index (χ1) is 6.38. The van der Waals surface area contributed by atoms with Crippen molar-refractivity contribution in [2.75, 3.05) is 5.32 Å². The topological polar surface area (TPSA) is 55.2 Å². The Morgan fingerprint density at radius 3 is 2.50 bits per heavy atom. The van der Waals surface area contributed by atoms with Gasteiger partial charge in [-0.3, -0.25) is 10.1 Å². The van der Waals surface area contributed by atoms with Crippen LogP contribution in [-0.2, 0) is 0 Å². The van der Waals surface area contributed by atoms with Gasteiger partial charge in [0.15, 0.2) is 0 Å². The number of hydrogen-bond donors (Lipinski definition) is 1. The molecule has 0 saturated heterocycles. The van der Waals surface area contributed by atoms with Crippen LogP contribution >= 0.6 is 0 Å². The quantitative estimate of drug-likeness (QED) is 0.581. The standard InChI is InChI=1S/C10H14N2O2/c1-10(2,3)11-8-5-4-6-9(7-8)12(13)14/h4-7,11H,1-3H3. The van der Waals surface area contributed by atoms with Crippen LogP contribution in [-0.4, -0.2) is 10.5 Å². The molecule has 0 bridgehead atoms. The summed E-state index contributed by atoms with van der Waals surface area (Å²) in [4.78, 5) is 10.1. The second-order valence-corrected chi connectivity index (χ2v) is 4.18. The summed E-state index contributed by atoms with van der Waals surface area (Å²) in [5.41, 5.74) is 0.792. The zero-order valence-corrected chi connectivity index (χ0v) is 8.57. The van der Waals surface area contributed by atoms with E-state index < -0.39 is 4.92 Å². The molecule has 76 valence electrons. The zero-order chi connectivity index (χ0) is 10.8. The maximum absolute atomic E-state index is 10.5. The number of nitro groups is 1. The molecule has 0 fully saturated rings. The number of nitrogens with zero attached hydrogens (tertiary/aromatic N) is 1. The lowest BCUT2D eigenvalue weighted by atomic mass is 10.1. The van der Waals surface area contributed by atoms with E-state index in [2.05, 4.69) is 5.32 Å². The summed E-state index contributed by atoms with van der Waals surface area (Å²) in [5.74, 6) is 0. The van der Waals surface area contributed by atoms with Crippen molar-refractivity contribution in [1.82, 2.24) is 0 Å². The summed E-state index contributed by atoms with van der Waals surface area (Å²) in [6.07, 6.45) is 0. The number of anilines is 1. The molecule has 0 radical (unpaired) electrons. The fraction of sp³-hybridized carbons (Fsp3) is 0.400. The molecule has 1 aromatic rings. The van der Waals surface area contributed by atoms with E-state index in [9.17, 15) is 10.1 Å². The first kappa shape index (κ1) is 10.5. The van der Waals surface area contributed by atoms with Gasteiger partial charge in [0, 0.05) is 23.4 Å². The monoisotopic (exact) mass is 194 g/mol. The van der Waals surface area contributed by atoms with Crippen LogP contribution in [0.15, 0.2) is 24.3 Å². The van der Waals surface area contributed by atoms with E-state index in [0.29, 0.717) is 0 Å². The molecule has 1 aromatic carbocycles. The van der Waals surface area contributed by atoms with Gasteiger partial charge >= 0.3 is 0 Å². The molecule has 14 heavy (non-hydrogen) atoms. The highest BCUT2D eigenvalue weighted by Crippen LogP contribution is 2.20. The Morgan fingerprint density at radius 2 is 2.00 bits per heavy atom. The van der Waals surface area contributed by atoms with Gasteiger partial charge in [0.25, 0.3) is 5.69 Å². The highest BCUT2D eigenvalue weighted by molar-refractivity contribution is 5.52. The lowest BCUT2D eigenvalue weighted by Gasteiger charge is -2.21. The molecule has 0 aliphatic heterocycles. The normalized spacial score (nSPS) is 11.1. The average molecular weight is 194 g/mol. The van der Waals surface area contributed by atoms with Crippen molar-refractivity contribution in [2.45, 2.75) is 26.3 Å². The van der Waals surface area contributed by atoms with Gasteiger partial charge < -0.3 is 5.32 Å². The summed E-state index contributed by atoms with van der Waals surface area (Å²) in [7, 11) is 0. The molecular formula is C10H14N2O2. The largest absolute Gasteiger partial charge is 0.380 e. The molecule has 4 heteroatoms. The van der Waals surface area contributed by atoms with Crippen LogP contribution in [0.5, 0.6) is 0 Å². The van der Waals surface area contributed by atoms with Gasteiger partial charge in [0.2, 0.25) is 0 Å². The Bertz CT molecular complexity index is 342. The van der Waals surface area contributed by atoms with E-state index in [1.54, 1.807) is 6.07 Å². The molecule has 0 saturated carbocycles. The Morgan fingerprint density at radius 1 is 1.36 bits per heavy atom. The lowest BCUT2D eigenvalue weighted by Crippen LogP contribution is -2.25. The molecule has 1 rings (SSSR count). The van der Waals surface area contributed by atoms with E-state index >= 15 is 0 Å². The van der Waals surface area contributed by atoms with Crippen molar-refractivity contribution in [3.05, 3.63) is 34.4 Å². The van der Waals surface area contributed by atoms with Crippen molar-refractivity contribution in [2.24, 2.45) is 0 Å². The zero-order valence-electron chi connectivity index (χ0n) is 8.57. The number of hydrogen-bond acceptors (Lipinski definition) is 3. The van der Waals surface area contributed by atoms with Gasteiger partial charge in [-0.2, -0.15) is 0 Å². The molecule has 0 heterocycles. The van der Waals surface area contributed by atoms with Crippen LogP contribution in [0, 0.1) is 10.1 Å². The van der Waals surface area contributed by atoms with Gasteiger partial charge in [-0.25, -0.2) is 0 Å². The molecule has 0 aliphatic rings. The van der Waals surface area contributed by atoms with Gasteiger partial charge in [-0.15, -0.1) is 0 Å². The first-order valence-electron chi connectivity index (χ1n) is 4.41. The summed E-state index contributed by atoms with van der Waals surface area (Å²) in [5, 5.41) is 13.7. The minimum absolute atomic E-state index is 0.0881. The molecule has 0 unspecified atom stereocenters. The Hall–Kier alpha value is -1.58. The van der Waals surface area contributed by atoms with Crippen molar-refractivity contribution >= 4 is 11.4 Å². The van der Waals surface area contributed by atoms with Gasteiger partial charge in [-0.1, -0.05) is 6.07 Å². The third kappa shape index (κ3) is 3.05. The maximum atomic E-state index is 10.5. The van der Waals surface area contributed by atoms with Gasteiger partial charge in [0.05, 0.1) is 4.92 Å². The predicted octanol–water partition coefficient (Wildman–Crippen LogP) is 2.81. The SMILES string of the molecule is CC(C)(C)Nc1cccc([N+](=O)[O-])c1. The van der Waals surface area contributed by atoms with E-state index in [1.807, 2.05) is 26.8 Å². The molecular weight excluding hydrogens is 180 g/mol. The number of rotatable bonds is 2. The van der Waals surface area contributed by atoms with Crippen LogP contribution in [0.1, 0.15) is 20.8 Å². The van der Waals surface area contributed by atoms with Crippen LogP contribution in [0.2, 0.25) is 0 Å². The molecule has 0 aromatic heterocycles. The molecule has 1 N–H and O–H groups in total. The van der Waals surface area contributed by atoms with Crippen LogP contribution in [0.25, 0.3) is 0 Å². The highest BCUT2D eigenvalue weighted by atomic mass is 16.6. The second-order valence-electron chi connectivity index (χ2n) is 4.18. The number of nitrogens with one attached hydrogen (secondary N) is 1. The summed E-state index contributed by atoms with van der Waals surface area (Å²) in [6, 6.07) is 6.50. The lowest BCUT2D eigenvalue weighted by molar-refractivity contribution is -0.384. The fourth-order valence-electron chi connectivity index (χ4n) is 1.13. The maximum Gasteiger partial charge on any atom is 0.271 e. The molecule has 4 nitrogen and oxygen atoms in total. The van der Waals surface area contributed by atoms with Crippen LogP contribution in [0.3, 0.4) is 0 Å². The minimum Gasteiger partial charge on any atom is -0.380 e. The van der Waals surface area contributed by atoms with E-state index in [0.717, 1.165) is 5.69 Å². The second kappa shape index (κ2) is 3.65. The Labute approximate surface area is 83.1 Å². The molecule has 0 atom stereocenters. The third-order valence-corrected chi connectivity index (χ3v) is 1.58. The van der Waals surface area contributed by atoms with Crippen molar-refractivity contribution < 1.29 is 4.92 Å². The fourth-order valence-corrected chi connectivity index (χ4v) is 1.13. The minimum atomic E-state index is -0.395. The average Bonchev–Trinajstić information content (AvgIpc) is 2.01. The van der Waals surface area contributed by atoms with Crippen LogP contribution in [0.4, 0.5) is 11.4 Å². The van der Waals surface area contributed by atoms with Crippen molar-refractivity contribution in [3.63, 3.8) is 0 Å². The van der Waals surface area contributed by atoms with E-state index in [-0.39, 0.29) is 11.2 Å². The van der Waals surface area contributed by atoms with Crippen molar-refractivity contribution in [1.29, 1.82) is 0 Å². The number of nitro benzene ring substituents is 1. The van der Waals surface area contributed by atoms with Gasteiger partial charge in [-0.05, 0) is 26.8 Å². The molecule has 0 spiro atoms. The first-order valence-corrected chi connectivity index (χ1v) is 4.41. The van der Waals surface area contributed by atoms with Crippen LogP contribution < -0.4 is 5.32 Å². The molecule has 0 aliphatic carbocycles. The van der Waals surface area contributed by atoms with E-state index in [1.165, 1.54) is 12.1 Å². The highest BCUT2D eigenvalue weighted by Gasteiger charge is 2.11. The Balaban J connectivity index is 2.89. The number of non-ortho nitro benzene ring substituents is 1. The summed E-state index contributed by atoms with van der Waals surface area (Å²) < 4.78 is 0. The third-order valence-electron chi connectivity index (χ3n) is 1.58.